The van der Waals surface area contributed by atoms with Gasteiger partial charge in [-0.15, -0.1) is 0 Å². The maximum atomic E-state index is 12.5. The molecule has 0 heterocycles. The first-order chi connectivity index (χ1) is 8.98. The molecule has 0 saturated heterocycles. The second-order valence-corrected chi connectivity index (χ2v) is 7.00. The largest absolute Gasteiger partial charge is 0.392 e. The van der Waals surface area contributed by atoms with Crippen molar-refractivity contribution >= 4 is 23.1 Å². The molecule has 0 aromatic carbocycles. The van der Waals surface area contributed by atoms with E-state index in [1.54, 1.807) is 0 Å². The van der Waals surface area contributed by atoms with E-state index in [1.807, 2.05) is 0 Å². The fourth-order valence-corrected chi connectivity index (χ4v) is 3.93. The number of carbonyl (C=O) groups is 1. The summed E-state index contributed by atoms with van der Waals surface area (Å²) < 4.78 is 0. The first kappa shape index (κ1) is 14.8. The molecule has 4 heteroatoms. The molecule has 0 spiro atoms. The molecule has 0 aromatic heterocycles. The number of rotatable bonds is 4. The van der Waals surface area contributed by atoms with Crippen LogP contribution in [0.4, 0.5) is 0 Å². The van der Waals surface area contributed by atoms with Gasteiger partial charge in [-0.25, -0.2) is 0 Å². The van der Waals surface area contributed by atoms with Crippen molar-refractivity contribution in [3.63, 3.8) is 0 Å². The smallest absolute Gasteiger partial charge is 0.233 e. The van der Waals surface area contributed by atoms with Gasteiger partial charge in [0.25, 0.3) is 0 Å². The first-order valence-electron chi connectivity index (χ1n) is 7.58. The Hall–Kier alpha value is -0.640. The molecule has 2 fully saturated rings. The standard InChI is InChI=1S/C15H26N2OS/c1-3-11-4-6-12(7-5-11)17-14(18)15(13(16)19)8-10(2)9-15/h10-12H,3-9H2,1-2H3,(H2,16,19)(H,17,18). The minimum Gasteiger partial charge on any atom is -0.392 e. The SMILES string of the molecule is CCC1CCC(NC(=O)C2(C(N)=S)CC(C)C2)CC1. The number of nitrogens with one attached hydrogen (secondary N) is 1. The molecule has 2 rings (SSSR count). The molecule has 0 aliphatic heterocycles. The topological polar surface area (TPSA) is 55.1 Å². The molecule has 0 atom stereocenters. The zero-order valence-electron chi connectivity index (χ0n) is 12.1. The van der Waals surface area contributed by atoms with Crippen LogP contribution in [0.1, 0.15) is 58.8 Å². The summed E-state index contributed by atoms with van der Waals surface area (Å²) in [7, 11) is 0. The lowest BCUT2D eigenvalue weighted by Gasteiger charge is -2.45. The highest BCUT2D eigenvalue weighted by Gasteiger charge is 2.51. The quantitative estimate of drug-likeness (QED) is 0.780. The van der Waals surface area contributed by atoms with Crippen molar-refractivity contribution in [2.45, 2.75) is 64.8 Å². The summed E-state index contributed by atoms with van der Waals surface area (Å²) in [4.78, 5) is 12.9. The van der Waals surface area contributed by atoms with Gasteiger partial charge in [-0.1, -0.05) is 32.5 Å². The molecule has 0 radical (unpaired) electrons. The fraction of sp³-hybridized carbons (Fsp3) is 0.867. The van der Waals surface area contributed by atoms with Gasteiger partial charge in [0.05, 0.1) is 10.4 Å². The van der Waals surface area contributed by atoms with Crippen LogP contribution < -0.4 is 11.1 Å². The van der Waals surface area contributed by atoms with Gasteiger partial charge in [0.1, 0.15) is 0 Å². The van der Waals surface area contributed by atoms with Gasteiger partial charge in [-0.3, -0.25) is 4.79 Å². The molecule has 0 unspecified atom stereocenters. The lowest BCUT2D eigenvalue weighted by molar-refractivity contribution is -0.133. The molecule has 0 bridgehead atoms. The van der Waals surface area contributed by atoms with E-state index in [1.165, 1.54) is 19.3 Å². The third-order valence-electron chi connectivity index (χ3n) is 5.06. The molecule has 2 aliphatic rings. The number of carbonyl (C=O) groups excluding carboxylic acids is 1. The first-order valence-corrected chi connectivity index (χ1v) is 7.99. The lowest BCUT2D eigenvalue weighted by Crippen LogP contribution is -2.57. The normalized spacial score (nSPS) is 38.3. The Labute approximate surface area is 121 Å². The summed E-state index contributed by atoms with van der Waals surface area (Å²) in [5.41, 5.74) is 5.27. The van der Waals surface area contributed by atoms with Gasteiger partial charge in [0.15, 0.2) is 0 Å². The second kappa shape index (κ2) is 5.78. The summed E-state index contributed by atoms with van der Waals surface area (Å²) in [6.45, 7) is 4.40. The van der Waals surface area contributed by atoms with E-state index in [9.17, 15) is 4.79 Å². The van der Waals surface area contributed by atoms with Gasteiger partial charge in [-0.05, 0) is 50.4 Å². The Balaban J connectivity index is 1.89. The lowest BCUT2D eigenvalue weighted by atomic mass is 9.62. The molecule has 2 saturated carbocycles. The van der Waals surface area contributed by atoms with Crippen molar-refractivity contribution < 1.29 is 4.79 Å². The highest BCUT2D eigenvalue weighted by Crippen LogP contribution is 2.46. The highest BCUT2D eigenvalue weighted by molar-refractivity contribution is 7.80. The van der Waals surface area contributed by atoms with Crippen molar-refractivity contribution in [1.82, 2.24) is 5.32 Å². The van der Waals surface area contributed by atoms with Crippen LogP contribution in [-0.4, -0.2) is 16.9 Å². The molecule has 2 aliphatic carbocycles. The number of amides is 1. The monoisotopic (exact) mass is 282 g/mol. The van der Waals surface area contributed by atoms with Crippen molar-refractivity contribution in [3.05, 3.63) is 0 Å². The molecule has 3 nitrogen and oxygen atoms in total. The average Bonchev–Trinajstić information content (AvgIpc) is 2.35. The van der Waals surface area contributed by atoms with Crippen LogP contribution >= 0.6 is 12.2 Å². The summed E-state index contributed by atoms with van der Waals surface area (Å²) >= 11 is 5.13. The summed E-state index contributed by atoms with van der Waals surface area (Å²) in [6, 6.07) is 0.331. The van der Waals surface area contributed by atoms with Crippen LogP contribution in [0.3, 0.4) is 0 Å². The third kappa shape index (κ3) is 2.93. The third-order valence-corrected chi connectivity index (χ3v) is 5.45. The summed E-state index contributed by atoms with van der Waals surface area (Å²) in [5, 5.41) is 3.20. The van der Waals surface area contributed by atoms with Crippen LogP contribution in [0.25, 0.3) is 0 Å². The molecule has 19 heavy (non-hydrogen) atoms. The fourth-order valence-electron chi connectivity index (χ4n) is 3.67. The van der Waals surface area contributed by atoms with E-state index in [2.05, 4.69) is 19.2 Å². The van der Waals surface area contributed by atoms with Gasteiger partial charge in [0, 0.05) is 6.04 Å². The minimum absolute atomic E-state index is 0.0815. The Bertz CT molecular complexity index is 355. The Morgan fingerprint density at radius 3 is 2.32 bits per heavy atom. The molecular weight excluding hydrogens is 256 g/mol. The molecule has 3 N–H and O–H groups in total. The van der Waals surface area contributed by atoms with Crippen LogP contribution in [0, 0.1) is 17.3 Å². The number of nitrogens with two attached hydrogens (primary N) is 1. The average molecular weight is 282 g/mol. The minimum atomic E-state index is -0.545. The van der Waals surface area contributed by atoms with E-state index < -0.39 is 5.41 Å². The van der Waals surface area contributed by atoms with E-state index in [0.717, 1.165) is 31.6 Å². The Kier molecular flexibility index (Phi) is 4.49. The maximum absolute atomic E-state index is 12.5. The molecular formula is C15H26N2OS. The van der Waals surface area contributed by atoms with Crippen molar-refractivity contribution in [1.29, 1.82) is 0 Å². The highest BCUT2D eigenvalue weighted by atomic mass is 32.1. The van der Waals surface area contributed by atoms with Crippen LogP contribution in [0.15, 0.2) is 0 Å². The van der Waals surface area contributed by atoms with Crippen LogP contribution in [-0.2, 0) is 4.79 Å². The Morgan fingerprint density at radius 1 is 1.32 bits per heavy atom. The van der Waals surface area contributed by atoms with Crippen molar-refractivity contribution in [2.75, 3.05) is 0 Å². The van der Waals surface area contributed by atoms with Gasteiger partial charge >= 0.3 is 0 Å². The predicted octanol–water partition coefficient (Wildman–Crippen LogP) is 2.77. The molecule has 0 aromatic rings. The number of hydrogen-bond donors (Lipinski definition) is 2. The van der Waals surface area contributed by atoms with Gasteiger partial charge < -0.3 is 11.1 Å². The van der Waals surface area contributed by atoms with Gasteiger partial charge in [-0.2, -0.15) is 0 Å². The zero-order chi connectivity index (χ0) is 14.0. The number of hydrogen-bond acceptors (Lipinski definition) is 2. The van der Waals surface area contributed by atoms with Crippen LogP contribution in [0.2, 0.25) is 0 Å². The Morgan fingerprint density at radius 2 is 1.89 bits per heavy atom. The molecule has 1 amide bonds. The van der Waals surface area contributed by atoms with E-state index in [0.29, 0.717) is 16.9 Å². The summed E-state index contributed by atoms with van der Waals surface area (Å²) in [6.07, 6.45) is 7.57. The van der Waals surface area contributed by atoms with E-state index >= 15 is 0 Å². The van der Waals surface area contributed by atoms with Crippen molar-refractivity contribution in [2.24, 2.45) is 23.0 Å². The zero-order valence-corrected chi connectivity index (χ0v) is 12.9. The second-order valence-electron chi connectivity index (χ2n) is 6.56. The van der Waals surface area contributed by atoms with E-state index in [4.69, 9.17) is 18.0 Å². The summed E-state index contributed by atoms with van der Waals surface area (Å²) in [5.74, 6) is 1.49. The maximum Gasteiger partial charge on any atom is 0.233 e. The van der Waals surface area contributed by atoms with E-state index in [-0.39, 0.29) is 5.91 Å². The predicted molar refractivity (Wildman–Crippen MR) is 81.8 cm³/mol. The van der Waals surface area contributed by atoms with Crippen molar-refractivity contribution in [3.8, 4) is 0 Å². The number of thiocarbonyl (C=S) groups is 1. The van der Waals surface area contributed by atoms with Crippen LogP contribution in [0.5, 0.6) is 0 Å². The van der Waals surface area contributed by atoms with Gasteiger partial charge in [0.2, 0.25) is 5.91 Å². The molecule has 108 valence electrons.